The lowest BCUT2D eigenvalue weighted by atomic mass is 9.98. The molecule has 0 bridgehead atoms. The first-order valence-electron chi connectivity index (χ1n) is 6.17. The van der Waals surface area contributed by atoms with Crippen molar-refractivity contribution < 1.29 is 22.8 Å². The number of benzene rings is 1. The van der Waals surface area contributed by atoms with Gasteiger partial charge in [-0.05, 0) is 26.0 Å². The lowest BCUT2D eigenvalue weighted by molar-refractivity contribution is -0.138. The molecule has 0 saturated carbocycles. The van der Waals surface area contributed by atoms with E-state index in [0.717, 1.165) is 12.1 Å². The first-order chi connectivity index (χ1) is 9.15. The van der Waals surface area contributed by atoms with E-state index in [0.29, 0.717) is 0 Å². The Balaban J connectivity index is 2.43. The van der Waals surface area contributed by atoms with Crippen LogP contribution in [0.4, 0.5) is 13.2 Å². The van der Waals surface area contributed by atoms with Gasteiger partial charge in [0, 0.05) is 13.0 Å². The van der Waals surface area contributed by atoms with E-state index in [9.17, 15) is 22.8 Å². The molecule has 1 amide bonds. The van der Waals surface area contributed by atoms with Crippen molar-refractivity contribution in [1.82, 2.24) is 4.90 Å². The van der Waals surface area contributed by atoms with Crippen LogP contribution >= 0.6 is 0 Å². The molecule has 0 aromatic heterocycles. The predicted molar refractivity (Wildman–Crippen MR) is 66.2 cm³/mol. The molecule has 0 N–H and O–H groups in total. The molecule has 1 aliphatic heterocycles. The first-order valence-corrected chi connectivity index (χ1v) is 6.17. The third-order valence-electron chi connectivity index (χ3n) is 3.63. The summed E-state index contributed by atoms with van der Waals surface area (Å²) in [6.07, 6.45) is -4.42. The number of hydrogen-bond donors (Lipinski definition) is 0. The molecular weight excluding hydrogens is 271 g/mol. The van der Waals surface area contributed by atoms with E-state index in [-0.39, 0.29) is 18.7 Å². The van der Waals surface area contributed by atoms with Gasteiger partial charge in [0.15, 0.2) is 5.78 Å². The van der Waals surface area contributed by atoms with Crippen molar-refractivity contribution in [3.8, 4) is 0 Å². The van der Waals surface area contributed by atoms with Gasteiger partial charge in [0.1, 0.15) is 0 Å². The standard InChI is InChI=1S/C14H14F3NO2/c1-13(2)11(19)7-8-18(13)12(20)9-5-3-4-6-10(9)14(15,16)17/h3-6H,7-8H2,1-2H3. The Kier molecular flexibility index (Phi) is 3.36. The fourth-order valence-corrected chi connectivity index (χ4v) is 2.37. The van der Waals surface area contributed by atoms with Gasteiger partial charge in [0.25, 0.3) is 5.91 Å². The highest BCUT2D eigenvalue weighted by molar-refractivity contribution is 6.02. The maximum Gasteiger partial charge on any atom is 0.417 e. The number of nitrogens with zero attached hydrogens (tertiary/aromatic N) is 1. The van der Waals surface area contributed by atoms with Crippen molar-refractivity contribution in [3.05, 3.63) is 35.4 Å². The number of rotatable bonds is 1. The van der Waals surface area contributed by atoms with Crippen molar-refractivity contribution >= 4 is 11.7 Å². The van der Waals surface area contributed by atoms with Crippen molar-refractivity contribution in [2.24, 2.45) is 0 Å². The molecule has 1 saturated heterocycles. The van der Waals surface area contributed by atoms with Gasteiger partial charge >= 0.3 is 6.18 Å². The Labute approximate surface area is 114 Å². The Morgan fingerprint density at radius 1 is 1.25 bits per heavy atom. The quantitative estimate of drug-likeness (QED) is 0.795. The van der Waals surface area contributed by atoms with Crippen LogP contribution in [0.2, 0.25) is 0 Å². The lowest BCUT2D eigenvalue weighted by Crippen LogP contribution is -2.46. The average molecular weight is 285 g/mol. The number of carbonyl (C=O) groups is 2. The summed E-state index contributed by atoms with van der Waals surface area (Å²) in [5.41, 5.74) is -2.45. The predicted octanol–water partition coefficient (Wildman–Crippen LogP) is 2.90. The van der Waals surface area contributed by atoms with Crippen LogP contribution in [-0.4, -0.2) is 28.7 Å². The molecule has 1 aromatic carbocycles. The number of ketones is 1. The van der Waals surface area contributed by atoms with Crippen molar-refractivity contribution in [1.29, 1.82) is 0 Å². The van der Waals surface area contributed by atoms with Crippen molar-refractivity contribution in [3.63, 3.8) is 0 Å². The SMILES string of the molecule is CC1(C)C(=O)CCN1C(=O)c1ccccc1C(F)(F)F. The lowest BCUT2D eigenvalue weighted by Gasteiger charge is -2.30. The maximum absolute atomic E-state index is 12.9. The summed E-state index contributed by atoms with van der Waals surface area (Å²) < 4.78 is 38.8. The van der Waals surface area contributed by atoms with Crippen LogP contribution < -0.4 is 0 Å². The minimum absolute atomic E-state index is 0.143. The first kappa shape index (κ1) is 14.6. The topological polar surface area (TPSA) is 37.4 Å². The fraction of sp³-hybridized carbons (Fsp3) is 0.429. The monoisotopic (exact) mass is 285 g/mol. The largest absolute Gasteiger partial charge is 0.417 e. The molecule has 0 spiro atoms. The Morgan fingerprint density at radius 3 is 2.35 bits per heavy atom. The molecule has 0 aliphatic carbocycles. The molecule has 1 heterocycles. The number of amides is 1. The van der Waals surface area contributed by atoms with Gasteiger partial charge in [-0.3, -0.25) is 9.59 Å². The molecule has 0 atom stereocenters. The number of Topliss-reactive ketones (excluding diaryl/α,β-unsaturated/α-hetero) is 1. The van der Waals surface area contributed by atoms with E-state index in [4.69, 9.17) is 0 Å². The molecule has 6 heteroatoms. The van der Waals surface area contributed by atoms with Crippen LogP contribution in [0.25, 0.3) is 0 Å². The molecule has 1 fully saturated rings. The van der Waals surface area contributed by atoms with Crippen LogP contribution in [0.5, 0.6) is 0 Å². The van der Waals surface area contributed by atoms with Gasteiger partial charge < -0.3 is 4.90 Å². The molecule has 0 radical (unpaired) electrons. The highest BCUT2D eigenvalue weighted by atomic mass is 19.4. The molecule has 1 aliphatic rings. The second kappa shape index (κ2) is 4.61. The van der Waals surface area contributed by atoms with Crippen LogP contribution in [0.1, 0.15) is 36.2 Å². The zero-order chi connectivity index (χ0) is 15.1. The van der Waals surface area contributed by atoms with E-state index in [2.05, 4.69) is 0 Å². The summed E-state index contributed by atoms with van der Waals surface area (Å²) in [7, 11) is 0. The van der Waals surface area contributed by atoms with Gasteiger partial charge in [-0.15, -0.1) is 0 Å². The van der Waals surface area contributed by atoms with E-state index in [1.165, 1.54) is 17.0 Å². The minimum atomic E-state index is -4.60. The summed E-state index contributed by atoms with van der Waals surface area (Å²) in [6, 6.07) is 4.63. The minimum Gasteiger partial charge on any atom is -0.326 e. The zero-order valence-corrected chi connectivity index (χ0v) is 11.1. The van der Waals surface area contributed by atoms with Gasteiger partial charge in [-0.1, -0.05) is 12.1 Å². The molecule has 20 heavy (non-hydrogen) atoms. The molecule has 2 rings (SSSR count). The third kappa shape index (κ3) is 2.30. The molecule has 0 unspecified atom stereocenters. The van der Waals surface area contributed by atoms with Crippen molar-refractivity contribution in [2.75, 3.05) is 6.54 Å². The summed E-state index contributed by atoms with van der Waals surface area (Å²) in [4.78, 5) is 25.3. The van der Waals surface area contributed by atoms with E-state index < -0.39 is 28.7 Å². The van der Waals surface area contributed by atoms with E-state index >= 15 is 0 Å². The molecule has 3 nitrogen and oxygen atoms in total. The summed E-state index contributed by atoms with van der Waals surface area (Å²) in [6.45, 7) is 3.25. The summed E-state index contributed by atoms with van der Waals surface area (Å²) in [5, 5.41) is 0. The van der Waals surface area contributed by atoms with E-state index in [1.807, 2.05) is 0 Å². The number of hydrogen-bond acceptors (Lipinski definition) is 2. The highest BCUT2D eigenvalue weighted by Crippen LogP contribution is 2.34. The van der Waals surface area contributed by atoms with Crippen LogP contribution in [0, 0.1) is 0 Å². The van der Waals surface area contributed by atoms with Gasteiger partial charge in [0.2, 0.25) is 0 Å². The number of halogens is 3. The van der Waals surface area contributed by atoms with Crippen molar-refractivity contribution in [2.45, 2.75) is 32.0 Å². The number of alkyl halides is 3. The van der Waals surface area contributed by atoms with Crippen LogP contribution in [-0.2, 0) is 11.0 Å². The van der Waals surface area contributed by atoms with Crippen LogP contribution in [0.3, 0.4) is 0 Å². The van der Waals surface area contributed by atoms with Gasteiger partial charge in [0.05, 0.1) is 16.7 Å². The molecule has 108 valence electrons. The molecule has 1 aromatic rings. The van der Waals surface area contributed by atoms with Gasteiger partial charge in [-0.25, -0.2) is 0 Å². The Bertz CT molecular complexity index is 564. The highest BCUT2D eigenvalue weighted by Gasteiger charge is 2.45. The zero-order valence-electron chi connectivity index (χ0n) is 11.1. The van der Waals surface area contributed by atoms with Crippen LogP contribution in [0.15, 0.2) is 24.3 Å². The fourth-order valence-electron chi connectivity index (χ4n) is 2.37. The summed E-state index contributed by atoms with van der Waals surface area (Å²) in [5.74, 6) is -0.899. The Morgan fingerprint density at radius 2 is 1.85 bits per heavy atom. The molecular formula is C14H14F3NO2. The number of carbonyl (C=O) groups excluding carboxylic acids is 2. The second-order valence-electron chi connectivity index (χ2n) is 5.23. The maximum atomic E-state index is 12.9. The van der Waals surface area contributed by atoms with E-state index in [1.54, 1.807) is 13.8 Å². The second-order valence-corrected chi connectivity index (χ2v) is 5.23. The number of likely N-dealkylation sites (tertiary alicyclic amines) is 1. The van der Waals surface area contributed by atoms with Gasteiger partial charge in [-0.2, -0.15) is 13.2 Å². The normalized spacial score (nSPS) is 18.4. The smallest absolute Gasteiger partial charge is 0.326 e. The summed E-state index contributed by atoms with van der Waals surface area (Å²) >= 11 is 0. The Hall–Kier alpha value is -1.85. The third-order valence-corrected chi connectivity index (χ3v) is 3.63. The average Bonchev–Trinajstić information content (AvgIpc) is 2.62.